The molecule has 1 saturated carbocycles. The van der Waals surface area contributed by atoms with Gasteiger partial charge >= 0.3 is 5.97 Å². The minimum Gasteiger partial charge on any atom is -0.480 e. The number of carbonyl (C=O) groups is 2. The molecular weight excluding hydrogens is 230 g/mol. The van der Waals surface area contributed by atoms with E-state index in [-0.39, 0.29) is 18.4 Å². The Morgan fingerprint density at radius 3 is 2.44 bits per heavy atom. The molecule has 1 aliphatic rings. The summed E-state index contributed by atoms with van der Waals surface area (Å²) in [5.74, 6) is -0.584. The number of carboxylic acids is 1. The van der Waals surface area contributed by atoms with Gasteiger partial charge < -0.3 is 10.0 Å². The molecule has 2 rings (SSSR count). The zero-order chi connectivity index (χ0) is 13.1. The number of carboxylic acid groups (broad SMARTS) is 1. The summed E-state index contributed by atoms with van der Waals surface area (Å²) in [6, 6.07) is 9.48. The first-order chi connectivity index (χ1) is 8.58. The van der Waals surface area contributed by atoms with E-state index in [2.05, 4.69) is 0 Å². The number of aliphatic carboxylic acids is 1. The molecule has 1 fully saturated rings. The third-order valence-corrected chi connectivity index (χ3v) is 3.28. The van der Waals surface area contributed by atoms with Crippen molar-refractivity contribution in [3.63, 3.8) is 0 Å². The third kappa shape index (κ3) is 3.09. The summed E-state index contributed by atoms with van der Waals surface area (Å²) in [6.45, 7) is 2.16. The maximum Gasteiger partial charge on any atom is 0.323 e. The van der Waals surface area contributed by atoms with Gasteiger partial charge in [-0.3, -0.25) is 9.59 Å². The summed E-state index contributed by atoms with van der Waals surface area (Å²) < 4.78 is 0. The molecule has 0 bridgehead atoms. The predicted octanol–water partition coefficient (Wildman–Crippen LogP) is 1.76. The minimum atomic E-state index is -0.965. The Kier molecular flexibility index (Phi) is 3.65. The van der Waals surface area contributed by atoms with Crippen molar-refractivity contribution >= 4 is 11.9 Å². The second-order valence-corrected chi connectivity index (χ2v) is 4.89. The lowest BCUT2D eigenvalue weighted by molar-refractivity contribution is -0.145. The zero-order valence-electron chi connectivity index (χ0n) is 10.4. The average molecular weight is 247 g/mol. The van der Waals surface area contributed by atoms with Gasteiger partial charge in [-0.15, -0.1) is 0 Å². The van der Waals surface area contributed by atoms with Crippen LogP contribution in [-0.4, -0.2) is 28.4 Å². The standard InChI is InChI=1S/C14H17NO3/c1-10-7-12(10)14(18)15(9-13(16)17)8-11-5-3-2-4-6-11/h2-6,10,12H,7-9H2,1H3,(H,16,17). The van der Waals surface area contributed by atoms with Gasteiger partial charge in [0.2, 0.25) is 5.91 Å². The second kappa shape index (κ2) is 5.21. The van der Waals surface area contributed by atoms with Crippen LogP contribution in [0.4, 0.5) is 0 Å². The van der Waals surface area contributed by atoms with Crippen molar-refractivity contribution in [2.24, 2.45) is 11.8 Å². The van der Waals surface area contributed by atoms with Crippen molar-refractivity contribution in [2.75, 3.05) is 6.54 Å². The molecule has 0 saturated heterocycles. The Morgan fingerprint density at radius 1 is 1.33 bits per heavy atom. The first kappa shape index (κ1) is 12.6. The Balaban J connectivity index is 2.05. The summed E-state index contributed by atoms with van der Waals surface area (Å²) in [7, 11) is 0. The van der Waals surface area contributed by atoms with Crippen LogP contribution in [0.1, 0.15) is 18.9 Å². The Bertz CT molecular complexity index is 444. The van der Waals surface area contributed by atoms with Crippen LogP contribution in [0.15, 0.2) is 30.3 Å². The first-order valence-corrected chi connectivity index (χ1v) is 6.12. The molecule has 1 aromatic carbocycles. The van der Waals surface area contributed by atoms with E-state index in [1.165, 1.54) is 4.90 Å². The summed E-state index contributed by atoms with van der Waals surface area (Å²) in [5, 5.41) is 8.89. The van der Waals surface area contributed by atoms with Crippen molar-refractivity contribution in [1.29, 1.82) is 0 Å². The quantitative estimate of drug-likeness (QED) is 0.862. The lowest BCUT2D eigenvalue weighted by Gasteiger charge is -2.21. The number of rotatable bonds is 5. The van der Waals surface area contributed by atoms with Crippen LogP contribution in [0, 0.1) is 11.8 Å². The summed E-state index contributed by atoms with van der Waals surface area (Å²) in [6.07, 6.45) is 0.879. The van der Waals surface area contributed by atoms with Crippen molar-refractivity contribution in [3.05, 3.63) is 35.9 Å². The van der Waals surface area contributed by atoms with Gasteiger partial charge in [-0.25, -0.2) is 0 Å². The second-order valence-electron chi connectivity index (χ2n) is 4.89. The maximum absolute atomic E-state index is 12.1. The molecule has 2 atom stereocenters. The monoisotopic (exact) mass is 247 g/mol. The highest BCUT2D eigenvalue weighted by atomic mass is 16.4. The molecule has 4 nitrogen and oxygen atoms in total. The van der Waals surface area contributed by atoms with E-state index in [9.17, 15) is 9.59 Å². The first-order valence-electron chi connectivity index (χ1n) is 6.12. The molecule has 4 heteroatoms. The fourth-order valence-electron chi connectivity index (χ4n) is 2.08. The Morgan fingerprint density at radius 2 is 1.94 bits per heavy atom. The SMILES string of the molecule is CC1CC1C(=O)N(CC(=O)O)Cc1ccccc1. The van der Waals surface area contributed by atoms with Gasteiger partial charge in [0.05, 0.1) is 0 Å². The zero-order valence-corrected chi connectivity index (χ0v) is 10.4. The van der Waals surface area contributed by atoms with Gasteiger partial charge in [0.25, 0.3) is 0 Å². The molecule has 0 spiro atoms. The van der Waals surface area contributed by atoms with E-state index in [1.807, 2.05) is 37.3 Å². The highest BCUT2D eigenvalue weighted by Gasteiger charge is 2.41. The molecule has 0 aromatic heterocycles. The van der Waals surface area contributed by atoms with Gasteiger partial charge in [0, 0.05) is 12.5 Å². The summed E-state index contributed by atoms with van der Waals surface area (Å²) in [5.41, 5.74) is 0.959. The topological polar surface area (TPSA) is 57.6 Å². The van der Waals surface area contributed by atoms with Gasteiger partial charge in [-0.2, -0.15) is 0 Å². The highest BCUT2D eigenvalue weighted by molar-refractivity contribution is 5.85. The van der Waals surface area contributed by atoms with Crippen LogP contribution in [-0.2, 0) is 16.1 Å². The van der Waals surface area contributed by atoms with E-state index in [0.717, 1.165) is 12.0 Å². The molecule has 0 heterocycles. The van der Waals surface area contributed by atoms with Crippen molar-refractivity contribution in [1.82, 2.24) is 4.90 Å². The summed E-state index contributed by atoms with van der Waals surface area (Å²) in [4.78, 5) is 24.4. The molecular formula is C14H17NO3. The molecule has 1 aromatic rings. The van der Waals surface area contributed by atoms with Crippen LogP contribution in [0.5, 0.6) is 0 Å². The van der Waals surface area contributed by atoms with Gasteiger partial charge in [-0.1, -0.05) is 37.3 Å². The Labute approximate surface area is 106 Å². The Hall–Kier alpha value is -1.84. The lowest BCUT2D eigenvalue weighted by Crippen LogP contribution is -2.36. The van der Waals surface area contributed by atoms with Gasteiger partial charge in [0.1, 0.15) is 6.54 Å². The highest BCUT2D eigenvalue weighted by Crippen LogP contribution is 2.39. The van der Waals surface area contributed by atoms with E-state index in [0.29, 0.717) is 12.5 Å². The van der Waals surface area contributed by atoms with Crippen LogP contribution in [0.2, 0.25) is 0 Å². The molecule has 18 heavy (non-hydrogen) atoms. The number of carbonyl (C=O) groups excluding carboxylic acids is 1. The molecule has 1 N–H and O–H groups in total. The largest absolute Gasteiger partial charge is 0.480 e. The van der Waals surface area contributed by atoms with Crippen LogP contribution in [0.25, 0.3) is 0 Å². The van der Waals surface area contributed by atoms with E-state index in [1.54, 1.807) is 0 Å². The van der Waals surface area contributed by atoms with Crippen molar-refractivity contribution < 1.29 is 14.7 Å². The number of benzene rings is 1. The number of amides is 1. The van der Waals surface area contributed by atoms with E-state index in [4.69, 9.17) is 5.11 Å². The smallest absolute Gasteiger partial charge is 0.323 e. The molecule has 0 radical (unpaired) electrons. The average Bonchev–Trinajstić information content (AvgIpc) is 3.05. The van der Waals surface area contributed by atoms with Crippen LogP contribution >= 0.6 is 0 Å². The normalized spacial score (nSPS) is 21.4. The predicted molar refractivity (Wildman–Crippen MR) is 66.8 cm³/mol. The fourth-order valence-corrected chi connectivity index (χ4v) is 2.08. The van der Waals surface area contributed by atoms with E-state index >= 15 is 0 Å². The van der Waals surface area contributed by atoms with Crippen molar-refractivity contribution in [3.8, 4) is 0 Å². The van der Waals surface area contributed by atoms with Crippen LogP contribution in [0.3, 0.4) is 0 Å². The number of hydrogen-bond donors (Lipinski definition) is 1. The van der Waals surface area contributed by atoms with Gasteiger partial charge in [0.15, 0.2) is 0 Å². The molecule has 1 amide bonds. The van der Waals surface area contributed by atoms with Gasteiger partial charge in [-0.05, 0) is 17.9 Å². The van der Waals surface area contributed by atoms with Crippen molar-refractivity contribution in [2.45, 2.75) is 19.9 Å². The minimum absolute atomic E-state index is 0.0214. The third-order valence-electron chi connectivity index (χ3n) is 3.28. The maximum atomic E-state index is 12.1. The molecule has 1 aliphatic carbocycles. The fraction of sp³-hybridized carbons (Fsp3) is 0.429. The lowest BCUT2D eigenvalue weighted by atomic mass is 10.2. The molecule has 96 valence electrons. The molecule has 2 unspecified atom stereocenters. The number of hydrogen-bond acceptors (Lipinski definition) is 2. The molecule has 0 aliphatic heterocycles. The summed E-state index contributed by atoms with van der Waals surface area (Å²) >= 11 is 0. The number of nitrogens with zero attached hydrogens (tertiary/aromatic N) is 1. The van der Waals surface area contributed by atoms with E-state index < -0.39 is 5.97 Å². The van der Waals surface area contributed by atoms with Crippen LogP contribution < -0.4 is 0 Å².